The lowest BCUT2D eigenvalue weighted by atomic mass is 10.0. The Morgan fingerprint density at radius 1 is 1.11 bits per heavy atom. The summed E-state index contributed by atoms with van der Waals surface area (Å²) in [4.78, 5) is 51.6. The quantitative estimate of drug-likeness (QED) is 0.135. The molecular weight excluding hydrogens is 474 g/mol. The van der Waals surface area contributed by atoms with Gasteiger partial charge in [-0.05, 0) is 49.9 Å². The minimum atomic E-state index is -1.22. The third-order valence-electron chi connectivity index (χ3n) is 5.93. The van der Waals surface area contributed by atoms with Crippen molar-refractivity contribution in [1.29, 1.82) is 0 Å². The fourth-order valence-corrected chi connectivity index (χ4v) is 4.19. The first kappa shape index (κ1) is 28.4. The van der Waals surface area contributed by atoms with E-state index in [9.17, 15) is 29.4 Å². The van der Waals surface area contributed by atoms with Gasteiger partial charge in [0, 0.05) is 18.7 Å². The third-order valence-corrected chi connectivity index (χ3v) is 6.30. The molecule has 1 aliphatic heterocycles. The van der Waals surface area contributed by atoms with Crippen molar-refractivity contribution < 1.29 is 29.4 Å². The molecule has 0 saturated carbocycles. The zero-order valence-electron chi connectivity index (χ0n) is 19.6. The number of phenolic OH excluding ortho intramolecular Hbond substituents is 1. The molecule has 1 heterocycles. The number of aromatic hydroxyl groups is 1. The first-order valence-electron chi connectivity index (χ1n) is 11.7. The fraction of sp³-hybridized carbons (Fsp3) is 0.565. The summed E-state index contributed by atoms with van der Waals surface area (Å²) in [5.74, 6) is -2.67. The number of hydrogen-bond acceptors (Lipinski definition) is 8. The number of unbranched alkanes of at least 4 members (excludes halogenated alkanes) is 1. The number of thiol groups is 1. The Kier molecular flexibility index (Phi) is 11.3. The van der Waals surface area contributed by atoms with E-state index < -0.39 is 47.9 Å². The van der Waals surface area contributed by atoms with Gasteiger partial charge in [0.05, 0.1) is 6.04 Å². The van der Waals surface area contributed by atoms with Gasteiger partial charge in [-0.3, -0.25) is 14.4 Å². The van der Waals surface area contributed by atoms with Gasteiger partial charge in [0.25, 0.3) is 0 Å². The molecule has 2 rings (SSSR count). The average molecular weight is 510 g/mol. The minimum Gasteiger partial charge on any atom is -0.508 e. The van der Waals surface area contributed by atoms with E-state index in [0.717, 1.165) is 6.42 Å². The van der Waals surface area contributed by atoms with Crippen molar-refractivity contribution in [2.24, 2.45) is 11.5 Å². The third kappa shape index (κ3) is 8.41. The predicted octanol–water partition coefficient (Wildman–Crippen LogP) is -0.634. The van der Waals surface area contributed by atoms with Gasteiger partial charge in [-0.25, -0.2) is 4.79 Å². The van der Waals surface area contributed by atoms with E-state index in [1.807, 2.05) is 0 Å². The lowest BCUT2D eigenvalue weighted by Gasteiger charge is -2.29. The molecule has 8 N–H and O–H groups in total. The summed E-state index contributed by atoms with van der Waals surface area (Å²) < 4.78 is 0. The maximum Gasteiger partial charge on any atom is 0.326 e. The van der Waals surface area contributed by atoms with E-state index in [0.29, 0.717) is 44.3 Å². The maximum absolute atomic E-state index is 13.1. The van der Waals surface area contributed by atoms with Gasteiger partial charge in [-0.2, -0.15) is 12.6 Å². The minimum absolute atomic E-state index is 0.0133. The number of likely N-dealkylation sites (tertiary alicyclic amines) is 1. The van der Waals surface area contributed by atoms with Crippen molar-refractivity contribution in [1.82, 2.24) is 15.5 Å². The molecule has 1 fully saturated rings. The first-order chi connectivity index (χ1) is 16.7. The molecule has 4 unspecified atom stereocenters. The number of rotatable bonds is 13. The number of carbonyl (C=O) groups excluding carboxylic acids is 3. The topological polar surface area (TPSA) is 188 Å². The summed E-state index contributed by atoms with van der Waals surface area (Å²) in [5, 5.41) is 24.1. The van der Waals surface area contributed by atoms with Crippen LogP contribution in [0.2, 0.25) is 0 Å². The predicted molar refractivity (Wildman–Crippen MR) is 133 cm³/mol. The Balaban J connectivity index is 2.01. The van der Waals surface area contributed by atoms with Crippen molar-refractivity contribution in [2.75, 3.05) is 18.8 Å². The zero-order chi connectivity index (χ0) is 26.0. The van der Waals surface area contributed by atoms with Crippen molar-refractivity contribution in [3.8, 4) is 5.75 Å². The number of nitrogens with two attached hydrogens (primary N) is 2. The molecule has 11 nitrogen and oxygen atoms in total. The second kappa shape index (κ2) is 13.9. The van der Waals surface area contributed by atoms with Crippen molar-refractivity contribution >= 4 is 36.3 Å². The highest BCUT2D eigenvalue weighted by molar-refractivity contribution is 7.80. The lowest BCUT2D eigenvalue weighted by molar-refractivity contribution is -0.144. The molecule has 194 valence electrons. The zero-order valence-corrected chi connectivity index (χ0v) is 20.5. The van der Waals surface area contributed by atoms with Crippen LogP contribution in [0.5, 0.6) is 5.75 Å². The van der Waals surface area contributed by atoms with Crippen molar-refractivity contribution in [2.45, 2.75) is 62.7 Å². The number of nitrogens with one attached hydrogen (secondary N) is 2. The molecule has 0 aliphatic carbocycles. The monoisotopic (exact) mass is 509 g/mol. The molecule has 1 aromatic rings. The number of carboxylic acid groups (broad SMARTS) is 1. The summed E-state index contributed by atoms with van der Waals surface area (Å²) in [5.41, 5.74) is 12.0. The standard InChI is InChI=1S/C23H35N5O6S/c24-10-2-1-4-16(25)20(30)27-18(13-35)22(32)28-11-3-5-19(28)21(31)26-17(23(33)34)12-14-6-8-15(29)9-7-14/h6-9,16-19,29,35H,1-5,10-13,24-25H2,(H,26,31)(H,27,30)(H,33,34). The molecule has 12 heteroatoms. The van der Waals surface area contributed by atoms with Gasteiger partial charge >= 0.3 is 5.97 Å². The number of nitrogens with zero attached hydrogens (tertiary/aromatic N) is 1. The van der Waals surface area contributed by atoms with E-state index in [1.165, 1.54) is 17.0 Å². The van der Waals surface area contributed by atoms with Gasteiger partial charge in [-0.1, -0.05) is 18.6 Å². The van der Waals surface area contributed by atoms with E-state index in [1.54, 1.807) is 12.1 Å². The van der Waals surface area contributed by atoms with Crippen LogP contribution in [0.15, 0.2) is 24.3 Å². The summed E-state index contributed by atoms with van der Waals surface area (Å²) in [6, 6.07) is 2.19. The van der Waals surface area contributed by atoms with E-state index >= 15 is 0 Å². The molecule has 1 aromatic carbocycles. The van der Waals surface area contributed by atoms with Gasteiger partial charge in [0.1, 0.15) is 23.9 Å². The van der Waals surface area contributed by atoms with Gasteiger partial charge in [0.15, 0.2) is 0 Å². The highest BCUT2D eigenvalue weighted by Crippen LogP contribution is 2.20. The van der Waals surface area contributed by atoms with Gasteiger partial charge in [-0.15, -0.1) is 0 Å². The van der Waals surface area contributed by atoms with Crippen LogP contribution in [0.4, 0.5) is 0 Å². The number of benzene rings is 1. The molecule has 0 spiro atoms. The fourth-order valence-electron chi connectivity index (χ4n) is 3.94. The molecule has 3 amide bonds. The lowest BCUT2D eigenvalue weighted by Crippen LogP contribution is -2.57. The molecule has 35 heavy (non-hydrogen) atoms. The number of carbonyl (C=O) groups is 4. The van der Waals surface area contributed by atoms with Crippen LogP contribution in [0.3, 0.4) is 0 Å². The summed E-state index contributed by atoms with van der Waals surface area (Å²) in [6.45, 7) is 0.803. The normalized spacial score (nSPS) is 17.9. The Hall–Kier alpha value is -2.83. The van der Waals surface area contributed by atoms with Crippen LogP contribution in [-0.2, 0) is 25.6 Å². The summed E-state index contributed by atoms with van der Waals surface area (Å²) in [7, 11) is 0. The summed E-state index contributed by atoms with van der Waals surface area (Å²) in [6.07, 6.45) is 2.81. The second-order valence-electron chi connectivity index (χ2n) is 8.59. The molecule has 0 radical (unpaired) electrons. The van der Waals surface area contributed by atoms with Crippen molar-refractivity contribution in [3.05, 3.63) is 29.8 Å². The van der Waals surface area contributed by atoms with Crippen LogP contribution in [0.25, 0.3) is 0 Å². The Morgan fingerprint density at radius 2 is 1.80 bits per heavy atom. The van der Waals surface area contributed by atoms with Crippen LogP contribution in [-0.4, -0.2) is 81.8 Å². The maximum atomic E-state index is 13.1. The molecule has 4 atom stereocenters. The van der Waals surface area contributed by atoms with Gasteiger partial charge in [0.2, 0.25) is 17.7 Å². The van der Waals surface area contributed by atoms with E-state index in [-0.39, 0.29) is 17.9 Å². The SMILES string of the molecule is NCCCCC(N)C(=O)NC(CS)C(=O)N1CCCC1C(=O)NC(Cc1ccc(O)cc1)C(=O)O. The Labute approximate surface area is 210 Å². The Morgan fingerprint density at radius 3 is 2.40 bits per heavy atom. The van der Waals surface area contributed by atoms with Crippen molar-refractivity contribution in [3.63, 3.8) is 0 Å². The number of hydrogen-bond donors (Lipinski definition) is 7. The van der Waals surface area contributed by atoms with Crippen LogP contribution in [0, 0.1) is 0 Å². The number of aliphatic carboxylic acids is 1. The van der Waals surface area contributed by atoms with E-state index in [2.05, 4.69) is 23.3 Å². The largest absolute Gasteiger partial charge is 0.508 e. The van der Waals surface area contributed by atoms with E-state index in [4.69, 9.17) is 11.5 Å². The van der Waals surface area contributed by atoms with Crippen LogP contribution < -0.4 is 22.1 Å². The highest BCUT2D eigenvalue weighted by Gasteiger charge is 2.38. The molecule has 1 aliphatic rings. The van der Waals surface area contributed by atoms with Crippen LogP contribution in [0.1, 0.15) is 37.7 Å². The Bertz CT molecular complexity index is 884. The molecule has 1 saturated heterocycles. The first-order valence-corrected chi connectivity index (χ1v) is 12.3. The van der Waals surface area contributed by atoms with Gasteiger partial charge < -0.3 is 37.2 Å². The number of carboxylic acids is 1. The molecule has 0 aromatic heterocycles. The highest BCUT2D eigenvalue weighted by atomic mass is 32.1. The average Bonchev–Trinajstić information content (AvgIpc) is 3.33. The number of phenols is 1. The number of amides is 3. The molecule has 0 bridgehead atoms. The summed E-state index contributed by atoms with van der Waals surface area (Å²) >= 11 is 4.19. The smallest absolute Gasteiger partial charge is 0.326 e. The van der Waals surface area contributed by atoms with Crippen LogP contribution >= 0.6 is 12.6 Å². The molecular formula is C23H35N5O6S. The second-order valence-corrected chi connectivity index (χ2v) is 8.96.